The molecular weight excluding hydrogens is 450 g/mol. The minimum Gasteiger partial charge on any atom is -0.482 e. The van der Waals surface area contributed by atoms with Crippen LogP contribution in [-0.2, 0) is 24.7 Å². The molecule has 1 aliphatic rings. The maximum atomic E-state index is 13.2. The molecule has 1 heterocycles. The maximum Gasteiger partial charge on any atom is 0.344 e. The van der Waals surface area contributed by atoms with Gasteiger partial charge in [-0.2, -0.15) is 0 Å². The first kappa shape index (κ1) is 23.7. The summed E-state index contributed by atoms with van der Waals surface area (Å²) in [4.78, 5) is 50.8. The lowest BCUT2D eigenvalue weighted by Gasteiger charge is -2.22. The fraction of sp³-hybridized carbons (Fsp3) is 0.231. The summed E-state index contributed by atoms with van der Waals surface area (Å²) >= 11 is 0. The van der Waals surface area contributed by atoms with Gasteiger partial charge in [0.2, 0.25) is 5.91 Å². The molecule has 35 heavy (non-hydrogen) atoms. The molecule has 1 aliphatic heterocycles. The Labute approximate surface area is 202 Å². The van der Waals surface area contributed by atoms with Gasteiger partial charge in [-0.15, -0.1) is 0 Å². The molecule has 4 rings (SSSR count). The van der Waals surface area contributed by atoms with Crippen LogP contribution in [0, 0.1) is 0 Å². The van der Waals surface area contributed by atoms with E-state index in [1.54, 1.807) is 38.1 Å². The average molecular weight is 476 g/mol. The third-order valence-corrected chi connectivity index (χ3v) is 5.68. The van der Waals surface area contributed by atoms with Gasteiger partial charge in [-0.3, -0.25) is 14.5 Å². The zero-order chi connectivity index (χ0) is 25.0. The van der Waals surface area contributed by atoms with E-state index in [4.69, 9.17) is 9.47 Å². The van der Waals surface area contributed by atoms with E-state index in [9.17, 15) is 19.2 Å². The van der Waals surface area contributed by atoms with Crippen molar-refractivity contribution in [3.63, 3.8) is 0 Å². The zero-order valence-corrected chi connectivity index (χ0v) is 19.4. The summed E-state index contributed by atoms with van der Waals surface area (Å²) in [6.07, 6.45) is 0. The van der Waals surface area contributed by atoms with E-state index in [0.29, 0.717) is 17.0 Å². The number of esters is 1. The second kappa shape index (κ2) is 9.84. The number of imide groups is 1. The van der Waals surface area contributed by atoms with E-state index in [2.05, 4.69) is 10.6 Å². The van der Waals surface area contributed by atoms with Crippen molar-refractivity contribution in [2.45, 2.75) is 19.4 Å². The number of carbonyl (C=O) groups is 4. The van der Waals surface area contributed by atoms with Gasteiger partial charge in [0.1, 0.15) is 17.8 Å². The van der Waals surface area contributed by atoms with Gasteiger partial charge in [0.05, 0.1) is 6.61 Å². The number of carbonyl (C=O) groups excluding carboxylic acids is 4. The van der Waals surface area contributed by atoms with Gasteiger partial charge in [0.15, 0.2) is 6.61 Å². The molecule has 1 saturated heterocycles. The standard InChI is InChI=1S/C26H25N3O6/c1-3-34-23(31)16-35-21-10-6-9-20(14-21)27-22(30)15-29-24(32)26(2,28-25(29)33)19-12-11-17-7-4-5-8-18(17)13-19/h4-14H,3,15-16H2,1-2H3,(H,27,30)(H,28,33). The van der Waals surface area contributed by atoms with Crippen LogP contribution in [0.2, 0.25) is 0 Å². The minimum absolute atomic E-state index is 0.251. The number of amides is 4. The van der Waals surface area contributed by atoms with E-state index in [1.807, 2.05) is 36.4 Å². The van der Waals surface area contributed by atoms with Crippen LogP contribution in [0.15, 0.2) is 66.7 Å². The molecule has 9 heteroatoms. The van der Waals surface area contributed by atoms with Crippen LogP contribution in [0.1, 0.15) is 19.4 Å². The molecule has 3 aromatic carbocycles. The third kappa shape index (κ3) is 5.08. The van der Waals surface area contributed by atoms with E-state index >= 15 is 0 Å². The van der Waals surface area contributed by atoms with Crippen molar-refractivity contribution in [2.75, 3.05) is 25.1 Å². The highest BCUT2D eigenvalue weighted by molar-refractivity contribution is 6.10. The number of nitrogens with one attached hydrogen (secondary N) is 2. The van der Waals surface area contributed by atoms with Crippen molar-refractivity contribution in [3.05, 3.63) is 72.3 Å². The topological polar surface area (TPSA) is 114 Å². The van der Waals surface area contributed by atoms with Gasteiger partial charge in [-0.05, 0) is 48.4 Å². The van der Waals surface area contributed by atoms with Gasteiger partial charge in [-0.25, -0.2) is 9.59 Å². The highest BCUT2D eigenvalue weighted by atomic mass is 16.6. The number of ether oxygens (including phenoxy) is 2. The van der Waals surface area contributed by atoms with Crippen LogP contribution in [-0.4, -0.2) is 48.5 Å². The summed E-state index contributed by atoms with van der Waals surface area (Å²) in [5, 5.41) is 7.32. The largest absolute Gasteiger partial charge is 0.482 e. The molecule has 0 aromatic heterocycles. The Bertz CT molecular complexity index is 1310. The SMILES string of the molecule is CCOC(=O)COc1cccc(NC(=O)CN2C(=O)NC(C)(c3ccc4ccccc4c3)C2=O)c1. The molecule has 0 aliphatic carbocycles. The molecule has 1 unspecified atom stereocenters. The summed E-state index contributed by atoms with van der Waals surface area (Å²) in [6, 6.07) is 19.0. The smallest absolute Gasteiger partial charge is 0.344 e. The van der Waals surface area contributed by atoms with Crippen LogP contribution >= 0.6 is 0 Å². The van der Waals surface area contributed by atoms with Crippen LogP contribution in [0.5, 0.6) is 5.75 Å². The Morgan fingerprint density at radius 2 is 1.77 bits per heavy atom. The van der Waals surface area contributed by atoms with Gasteiger partial charge < -0.3 is 20.1 Å². The van der Waals surface area contributed by atoms with E-state index in [1.165, 1.54) is 6.07 Å². The molecule has 1 fully saturated rings. The first-order valence-electron chi connectivity index (χ1n) is 11.1. The second-order valence-electron chi connectivity index (χ2n) is 8.18. The molecular formula is C26H25N3O6. The molecule has 1 atom stereocenters. The molecule has 0 saturated carbocycles. The predicted octanol–water partition coefficient (Wildman–Crippen LogP) is 3.19. The van der Waals surface area contributed by atoms with Crippen molar-refractivity contribution in [1.29, 1.82) is 0 Å². The number of rotatable bonds is 8. The van der Waals surface area contributed by atoms with Gasteiger partial charge >= 0.3 is 12.0 Å². The van der Waals surface area contributed by atoms with E-state index in [0.717, 1.165) is 15.7 Å². The lowest BCUT2D eigenvalue weighted by atomic mass is 9.90. The number of fused-ring (bicyclic) bond motifs is 1. The van der Waals surface area contributed by atoms with E-state index in [-0.39, 0.29) is 13.2 Å². The maximum absolute atomic E-state index is 13.2. The monoisotopic (exact) mass is 475 g/mol. The average Bonchev–Trinajstić information content (AvgIpc) is 3.06. The first-order chi connectivity index (χ1) is 16.8. The molecule has 9 nitrogen and oxygen atoms in total. The Balaban J connectivity index is 1.42. The minimum atomic E-state index is -1.29. The summed E-state index contributed by atoms with van der Waals surface area (Å²) in [5.74, 6) is -1.22. The number of hydrogen-bond acceptors (Lipinski definition) is 6. The lowest BCUT2D eigenvalue weighted by molar-refractivity contribution is -0.145. The summed E-state index contributed by atoms with van der Waals surface area (Å²) < 4.78 is 10.2. The molecule has 0 bridgehead atoms. The Kier molecular flexibility index (Phi) is 6.68. The van der Waals surface area contributed by atoms with Crippen molar-refractivity contribution in [1.82, 2.24) is 10.2 Å². The van der Waals surface area contributed by atoms with Crippen molar-refractivity contribution in [2.24, 2.45) is 0 Å². The normalized spacial score (nSPS) is 17.3. The number of nitrogens with zero attached hydrogens (tertiary/aromatic N) is 1. The summed E-state index contributed by atoms with van der Waals surface area (Å²) in [7, 11) is 0. The number of urea groups is 1. The molecule has 0 spiro atoms. The van der Waals surface area contributed by atoms with Crippen molar-refractivity contribution >= 4 is 40.3 Å². The fourth-order valence-corrected chi connectivity index (χ4v) is 3.89. The molecule has 3 aromatic rings. The molecule has 2 N–H and O–H groups in total. The molecule has 0 radical (unpaired) electrons. The molecule has 180 valence electrons. The highest BCUT2D eigenvalue weighted by Crippen LogP contribution is 2.31. The zero-order valence-electron chi connectivity index (χ0n) is 19.4. The van der Waals surface area contributed by atoms with Crippen LogP contribution in [0.3, 0.4) is 0 Å². The second-order valence-corrected chi connectivity index (χ2v) is 8.18. The number of anilines is 1. The van der Waals surface area contributed by atoms with Gasteiger partial charge in [0.25, 0.3) is 5.91 Å². The van der Waals surface area contributed by atoms with Crippen molar-refractivity contribution < 1.29 is 28.7 Å². The Morgan fingerprint density at radius 1 is 1.00 bits per heavy atom. The third-order valence-electron chi connectivity index (χ3n) is 5.68. The molecule has 4 amide bonds. The predicted molar refractivity (Wildman–Crippen MR) is 129 cm³/mol. The Morgan fingerprint density at radius 3 is 2.54 bits per heavy atom. The Hall–Kier alpha value is -4.40. The van der Waals surface area contributed by atoms with Gasteiger partial charge in [-0.1, -0.05) is 42.5 Å². The van der Waals surface area contributed by atoms with Crippen LogP contribution < -0.4 is 15.4 Å². The quantitative estimate of drug-likeness (QED) is 0.382. The van der Waals surface area contributed by atoms with Crippen molar-refractivity contribution in [3.8, 4) is 5.75 Å². The fourth-order valence-electron chi connectivity index (χ4n) is 3.89. The summed E-state index contributed by atoms with van der Waals surface area (Å²) in [5.41, 5.74) is -0.271. The van der Waals surface area contributed by atoms with Crippen LogP contribution in [0.4, 0.5) is 10.5 Å². The van der Waals surface area contributed by atoms with Gasteiger partial charge in [0, 0.05) is 11.8 Å². The van der Waals surface area contributed by atoms with Crippen LogP contribution in [0.25, 0.3) is 10.8 Å². The summed E-state index contributed by atoms with van der Waals surface area (Å²) in [6.45, 7) is 2.85. The number of benzene rings is 3. The highest BCUT2D eigenvalue weighted by Gasteiger charge is 2.49. The number of hydrogen-bond donors (Lipinski definition) is 2. The lowest BCUT2D eigenvalue weighted by Crippen LogP contribution is -2.42. The van der Waals surface area contributed by atoms with E-state index < -0.39 is 35.9 Å². The first-order valence-corrected chi connectivity index (χ1v) is 11.1.